The fraction of sp³-hybridized carbons (Fsp3) is 0.259. The lowest BCUT2D eigenvalue weighted by Gasteiger charge is -2.34. The van der Waals surface area contributed by atoms with E-state index < -0.39 is 18.0 Å². The zero-order valence-electron chi connectivity index (χ0n) is 19.7. The monoisotopic (exact) mass is 494 g/mol. The van der Waals surface area contributed by atoms with Crippen LogP contribution in [0.5, 0.6) is 17.2 Å². The van der Waals surface area contributed by atoms with Gasteiger partial charge in [0.05, 0.1) is 19.1 Å². The molecule has 1 atom stereocenters. The molecule has 0 saturated heterocycles. The van der Waals surface area contributed by atoms with E-state index in [4.69, 9.17) is 4.74 Å². The van der Waals surface area contributed by atoms with Crippen molar-refractivity contribution in [2.75, 3.05) is 26.2 Å². The molecule has 3 rings (SSSR count). The molecule has 36 heavy (non-hydrogen) atoms. The number of para-hydroxylation sites is 3. The van der Waals surface area contributed by atoms with Crippen molar-refractivity contribution in [2.45, 2.75) is 19.1 Å². The fourth-order valence-corrected chi connectivity index (χ4v) is 3.89. The summed E-state index contributed by atoms with van der Waals surface area (Å²) in [5.41, 5.74) is 1.08. The molecule has 0 aliphatic rings. The number of rotatable bonds is 14. The minimum atomic E-state index is -1.07. The van der Waals surface area contributed by atoms with E-state index in [1.165, 1.54) is 12.1 Å². The third-order valence-corrected chi connectivity index (χ3v) is 5.62. The first kappa shape index (κ1) is 26.5. The summed E-state index contributed by atoms with van der Waals surface area (Å²) in [5.74, 6) is -1.46. The number of hydrogen-bond donors (Lipinski definition) is 4. The molecule has 0 radical (unpaired) electrons. The number of nitrogens with zero attached hydrogens (tertiary/aromatic N) is 2. The summed E-state index contributed by atoms with van der Waals surface area (Å²) in [5, 5.41) is 39.7. The Hall–Kier alpha value is -4.08. The second-order valence-electron chi connectivity index (χ2n) is 8.40. The second-order valence-corrected chi connectivity index (χ2v) is 8.40. The number of benzene rings is 3. The van der Waals surface area contributed by atoms with Gasteiger partial charge >= 0.3 is 11.9 Å². The number of carbonyl (C=O) groups is 2. The number of carboxylic acid groups (broad SMARTS) is 2. The maximum absolute atomic E-state index is 11.8. The molecule has 0 aliphatic heterocycles. The molecular formula is C27H30N2O7. The molecule has 9 nitrogen and oxygen atoms in total. The largest absolute Gasteiger partial charge is 0.508 e. The van der Waals surface area contributed by atoms with Crippen molar-refractivity contribution in [1.29, 1.82) is 0 Å². The van der Waals surface area contributed by atoms with Gasteiger partial charge in [0.15, 0.2) is 0 Å². The van der Waals surface area contributed by atoms with Gasteiger partial charge in [-0.25, -0.2) is 0 Å². The molecule has 190 valence electrons. The third kappa shape index (κ3) is 8.30. The first-order chi connectivity index (χ1) is 17.3. The molecule has 0 heterocycles. The summed E-state index contributed by atoms with van der Waals surface area (Å²) < 4.78 is 5.96. The normalized spacial score (nSPS) is 11.9. The van der Waals surface area contributed by atoms with Crippen LogP contribution in [0, 0.1) is 0 Å². The Bertz CT molecular complexity index is 1140. The summed E-state index contributed by atoms with van der Waals surface area (Å²) in [6.07, 6.45) is 0. The fourth-order valence-electron chi connectivity index (χ4n) is 3.89. The van der Waals surface area contributed by atoms with Crippen molar-refractivity contribution in [1.82, 2.24) is 9.80 Å². The van der Waals surface area contributed by atoms with Gasteiger partial charge in [0.2, 0.25) is 0 Å². The van der Waals surface area contributed by atoms with Gasteiger partial charge in [-0.15, -0.1) is 0 Å². The predicted octanol–water partition coefficient (Wildman–Crippen LogP) is 3.02. The Kier molecular flexibility index (Phi) is 9.67. The van der Waals surface area contributed by atoms with Crippen LogP contribution in [0.1, 0.15) is 11.1 Å². The van der Waals surface area contributed by atoms with Crippen LogP contribution >= 0.6 is 0 Å². The van der Waals surface area contributed by atoms with Gasteiger partial charge in [-0.1, -0.05) is 54.6 Å². The zero-order chi connectivity index (χ0) is 25.9. The molecule has 0 bridgehead atoms. The minimum absolute atomic E-state index is 0.0345. The molecule has 0 fully saturated rings. The number of hydrogen-bond acceptors (Lipinski definition) is 7. The maximum Gasteiger partial charge on any atom is 0.317 e. The van der Waals surface area contributed by atoms with Crippen molar-refractivity contribution < 1.29 is 34.8 Å². The van der Waals surface area contributed by atoms with Gasteiger partial charge in [-0.2, -0.15) is 0 Å². The number of carboxylic acids is 2. The second kappa shape index (κ2) is 13.1. The van der Waals surface area contributed by atoms with E-state index in [1.807, 2.05) is 18.2 Å². The molecule has 0 spiro atoms. The van der Waals surface area contributed by atoms with Crippen molar-refractivity contribution in [3.8, 4) is 17.2 Å². The van der Waals surface area contributed by atoms with Crippen molar-refractivity contribution >= 4 is 11.9 Å². The van der Waals surface area contributed by atoms with E-state index >= 15 is 0 Å². The Morgan fingerprint density at radius 2 is 1.25 bits per heavy atom. The Morgan fingerprint density at radius 1 is 0.722 bits per heavy atom. The van der Waals surface area contributed by atoms with E-state index in [0.29, 0.717) is 16.9 Å². The van der Waals surface area contributed by atoms with Gasteiger partial charge in [0.25, 0.3) is 0 Å². The predicted molar refractivity (Wildman–Crippen MR) is 133 cm³/mol. The van der Waals surface area contributed by atoms with Crippen LogP contribution in [0.2, 0.25) is 0 Å². The van der Waals surface area contributed by atoms with Crippen LogP contribution in [0.25, 0.3) is 0 Å². The van der Waals surface area contributed by atoms with Crippen LogP contribution in [0.3, 0.4) is 0 Å². The van der Waals surface area contributed by atoms with E-state index in [9.17, 15) is 30.0 Å². The Morgan fingerprint density at radius 3 is 1.81 bits per heavy atom. The quantitative estimate of drug-likeness (QED) is 0.267. The topological polar surface area (TPSA) is 131 Å². The van der Waals surface area contributed by atoms with Gasteiger partial charge in [0, 0.05) is 30.8 Å². The van der Waals surface area contributed by atoms with Crippen LogP contribution in [-0.4, -0.2) is 74.4 Å². The lowest BCUT2D eigenvalue weighted by Crippen LogP contribution is -2.49. The van der Waals surface area contributed by atoms with E-state index in [2.05, 4.69) is 0 Å². The average molecular weight is 495 g/mol. The van der Waals surface area contributed by atoms with Crippen LogP contribution in [0.15, 0.2) is 78.9 Å². The number of phenolic OH excluding ortho intramolecular Hbond substituents is 2. The summed E-state index contributed by atoms with van der Waals surface area (Å²) in [6.45, 7) is -0.226. The van der Waals surface area contributed by atoms with Crippen molar-refractivity contribution in [3.05, 3.63) is 90.0 Å². The molecular weight excluding hydrogens is 464 g/mol. The average Bonchev–Trinajstić information content (AvgIpc) is 2.84. The van der Waals surface area contributed by atoms with E-state index in [-0.39, 0.29) is 50.8 Å². The summed E-state index contributed by atoms with van der Waals surface area (Å²) in [7, 11) is 0. The van der Waals surface area contributed by atoms with E-state index in [1.54, 1.807) is 58.3 Å². The molecule has 9 heteroatoms. The first-order valence-corrected chi connectivity index (χ1v) is 11.4. The van der Waals surface area contributed by atoms with Crippen molar-refractivity contribution in [2.24, 2.45) is 0 Å². The Labute approximate surface area is 209 Å². The highest BCUT2D eigenvalue weighted by Crippen LogP contribution is 2.22. The number of phenols is 2. The lowest BCUT2D eigenvalue weighted by atomic mass is 10.1. The summed E-state index contributed by atoms with van der Waals surface area (Å²) >= 11 is 0. The third-order valence-electron chi connectivity index (χ3n) is 5.62. The number of aromatic hydroxyl groups is 2. The lowest BCUT2D eigenvalue weighted by molar-refractivity contribution is -0.141. The molecule has 0 amide bonds. The SMILES string of the molecule is O=C(O)CN(Cc1ccccc1O)CC(COc1ccccc1)N(CC(=O)O)Cc1ccccc1O. The molecule has 0 aromatic heterocycles. The highest BCUT2D eigenvalue weighted by molar-refractivity contribution is 5.69. The molecule has 0 saturated carbocycles. The summed E-state index contributed by atoms with van der Waals surface area (Å²) in [4.78, 5) is 26.7. The van der Waals surface area contributed by atoms with Gasteiger partial charge in [-0.05, 0) is 24.3 Å². The van der Waals surface area contributed by atoms with Crippen LogP contribution in [-0.2, 0) is 22.7 Å². The highest BCUT2D eigenvalue weighted by atomic mass is 16.5. The molecule has 4 N–H and O–H groups in total. The zero-order valence-corrected chi connectivity index (χ0v) is 19.7. The summed E-state index contributed by atoms with van der Waals surface area (Å²) in [6, 6.07) is 21.8. The highest BCUT2D eigenvalue weighted by Gasteiger charge is 2.27. The van der Waals surface area contributed by atoms with Crippen molar-refractivity contribution in [3.63, 3.8) is 0 Å². The molecule has 3 aromatic rings. The number of aliphatic carboxylic acids is 2. The van der Waals surface area contributed by atoms with Crippen LogP contribution < -0.4 is 4.74 Å². The van der Waals surface area contributed by atoms with Gasteiger partial charge in [0.1, 0.15) is 23.9 Å². The first-order valence-electron chi connectivity index (χ1n) is 11.4. The Balaban J connectivity index is 1.90. The molecule has 0 aliphatic carbocycles. The van der Waals surface area contributed by atoms with Gasteiger partial charge < -0.3 is 25.2 Å². The number of ether oxygens (including phenoxy) is 1. The molecule has 1 unspecified atom stereocenters. The van der Waals surface area contributed by atoms with Crippen LogP contribution in [0.4, 0.5) is 0 Å². The van der Waals surface area contributed by atoms with E-state index in [0.717, 1.165) is 0 Å². The van der Waals surface area contributed by atoms with Gasteiger partial charge in [-0.3, -0.25) is 19.4 Å². The molecule has 3 aromatic carbocycles. The smallest absolute Gasteiger partial charge is 0.317 e. The maximum atomic E-state index is 11.8. The minimum Gasteiger partial charge on any atom is -0.508 e. The standard InChI is InChI=1S/C27H30N2O7/c30-24-12-6-4-8-20(24)14-28(17-26(32)33)16-22(19-36-23-10-2-1-3-11-23)29(18-27(34)35)15-21-9-5-7-13-25(21)31/h1-13,22,30-31H,14-19H2,(H,32,33)(H,34,35).